The van der Waals surface area contributed by atoms with Crippen LogP contribution in [0.2, 0.25) is 0 Å². The van der Waals surface area contributed by atoms with Crippen molar-refractivity contribution in [3.05, 3.63) is 35.9 Å². The van der Waals surface area contributed by atoms with Gasteiger partial charge in [-0.15, -0.1) is 0 Å². The minimum Gasteiger partial charge on any atom is -0.477 e. The first kappa shape index (κ1) is 15.3. The van der Waals surface area contributed by atoms with Crippen LogP contribution in [-0.4, -0.2) is 33.8 Å². The quantitative estimate of drug-likeness (QED) is 0.804. The summed E-state index contributed by atoms with van der Waals surface area (Å²) >= 11 is 0. The highest BCUT2D eigenvalue weighted by atomic mass is 32.2. The Bertz CT molecular complexity index is 760. The Morgan fingerprint density at radius 3 is 2.67 bits per heavy atom. The smallest absolute Gasteiger partial charge is 0.352 e. The average Bonchev–Trinajstić information content (AvgIpc) is 3.02. The lowest BCUT2D eigenvalue weighted by Gasteiger charge is -2.05. The van der Waals surface area contributed by atoms with Crippen molar-refractivity contribution in [1.29, 1.82) is 0 Å². The lowest BCUT2D eigenvalue weighted by Crippen LogP contribution is -2.24. The second-order valence-corrected chi connectivity index (χ2v) is 6.19. The third-order valence-electron chi connectivity index (χ3n) is 3.11. The Morgan fingerprint density at radius 2 is 2.19 bits per heavy atom. The molecular weight excluding hydrogens is 296 g/mol. The average molecular weight is 312 g/mol. The van der Waals surface area contributed by atoms with Crippen molar-refractivity contribution in [2.24, 2.45) is 7.05 Å². The van der Waals surface area contributed by atoms with Gasteiger partial charge in [-0.05, 0) is 19.1 Å². The normalized spacial score (nSPS) is 11.7. The molecule has 0 atom stereocenters. The third-order valence-corrected chi connectivity index (χ3v) is 4.48. The van der Waals surface area contributed by atoms with Crippen molar-refractivity contribution in [2.45, 2.75) is 24.9 Å². The number of carbonyl (C=O) groups is 1. The summed E-state index contributed by atoms with van der Waals surface area (Å²) in [6.45, 7) is 2.20. The molecule has 8 nitrogen and oxygen atoms in total. The standard InChI is InChI=1S/C12H16N4O4S/c1-3-16-8-10(6-11(16)12(17)18)21(19,20)14-7-9-4-5-13-15(9)2/h4-6,8,14H,3,7H2,1-2H3,(H,17,18). The maximum absolute atomic E-state index is 12.2. The summed E-state index contributed by atoms with van der Waals surface area (Å²) in [4.78, 5) is 11.0. The van der Waals surface area contributed by atoms with Gasteiger partial charge in [0.1, 0.15) is 10.6 Å². The Kier molecular flexibility index (Phi) is 4.14. The molecule has 0 radical (unpaired) electrons. The van der Waals surface area contributed by atoms with E-state index in [9.17, 15) is 13.2 Å². The van der Waals surface area contributed by atoms with E-state index in [0.717, 1.165) is 6.07 Å². The highest BCUT2D eigenvalue weighted by Crippen LogP contribution is 2.15. The molecule has 0 aromatic carbocycles. The van der Waals surface area contributed by atoms with Crippen molar-refractivity contribution < 1.29 is 18.3 Å². The van der Waals surface area contributed by atoms with Crippen molar-refractivity contribution in [2.75, 3.05) is 0 Å². The molecule has 0 unspecified atom stereocenters. The number of hydrogen-bond acceptors (Lipinski definition) is 4. The van der Waals surface area contributed by atoms with Crippen LogP contribution >= 0.6 is 0 Å². The largest absolute Gasteiger partial charge is 0.477 e. The fraction of sp³-hybridized carbons (Fsp3) is 0.333. The van der Waals surface area contributed by atoms with Gasteiger partial charge in [0.2, 0.25) is 10.0 Å². The van der Waals surface area contributed by atoms with Gasteiger partial charge in [-0.25, -0.2) is 17.9 Å². The molecule has 0 fully saturated rings. The highest BCUT2D eigenvalue weighted by molar-refractivity contribution is 7.89. The molecule has 0 amide bonds. The van der Waals surface area contributed by atoms with Gasteiger partial charge in [0.05, 0.1) is 12.2 Å². The molecule has 0 spiro atoms. The van der Waals surface area contributed by atoms with Crippen LogP contribution in [0, 0.1) is 0 Å². The predicted octanol–water partition coefficient (Wildman–Crippen LogP) is 0.418. The zero-order valence-corrected chi connectivity index (χ0v) is 12.5. The number of carboxylic acid groups (broad SMARTS) is 1. The second-order valence-electron chi connectivity index (χ2n) is 4.42. The molecule has 2 aromatic heterocycles. The van der Waals surface area contributed by atoms with Gasteiger partial charge in [0.15, 0.2) is 0 Å². The van der Waals surface area contributed by atoms with Crippen molar-refractivity contribution in [1.82, 2.24) is 19.1 Å². The lowest BCUT2D eigenvalue weighted by atomic mass is 10.4. The van der Waals surface area contributed by atoms with E-state index in [2.05, 4.69) is 9.82 Å². The van der Waals surface area contributed by atoms with Gasteiger partial charge in [-0.3, -0.25) is 4.68 Å². The van der Waals surface area contributed by atoms with Crippen LogP contribution in [0.3, 0.4) is 0 Å². The molecule has 0 bridgehead atoms. The summed E-state index contributed by atoms with van der Waals surface area (Å²) in [6.07, 6.45) is 2.88. The summed E-state index contributed by atoms with van der Waals surface area (Å²) in [5, 5.41) is 13.0. The minimum atomic E-state index is -3.77. The van der Waals surface area contributed by atoms with Crippen LogP contribution in [0.5, 0.6) is 0 Å². The van der Waals surface area contributed by atoms with Crippen molar-refractivity contribution in [3.8, 4) is 0 Å². The molecule has 0 aliphatic carbocycles. The number of rotatable bonds is 6. The monoisotopic (exact) mass is 312 g/mol. The maximum Gasteiger partial charge on any atom is 0.352 e. The third kappa shape index (κ3) is 3.14. The topological polar surface area (TPSA) is 106 Å². The van der Waals surface area contributed by atoms with E-state index in [-0.39, 0.29) is 17.1 Å². The summed E-state index contributed by atoms with van der Waals surface area (Å²) in [5.74, 6) is -1.16. The number of aryl methyl sites for hydroxylation is 2. The number of carboxylic acids is 1. The molecule has 0 aliphatic rings. The van der Waals surface area contributed by atoms with Crippen molar-refractivity contribution in [3.63, 3.8) is 0 Å². The van der Waals surface area contributed by atoms with Crippen LogP contribution < -0.4 is 4.72 Å². The molecule has 114 valence electrons. The number of hydrogen-bond donors (Lipinski definition) is 2. The van der Waals surface area contributed by atoms with Crippen LogP contribution in [0.1, 0.15) is 23.1 Å². The SMILES string of the molecule is CCn1cc(S(=O)(=O)NCc2ccnn2C)cc1C(=O)O. The van der Waals surface area contributed by atoms with Gasteiger partial charge in [-0.1, -0.05) is 0 Å². The van der Waals surface area contributed by atoms with E-state index in [1.54, 1.807) is 30.9 Å². The molecule has 2 heterocycles. The fourth-order valence-electron chi connectivity index (χ4n) is 1.90. The molecule has 0 aliphatic heterocycles. The first-order valence-electron chi connectivity index (χ1n) is 6.25. The number of nitrogens with zero attached hydrogens (tertiary/aromatic N) is 3. The van der Waals surface area contributed by atoms with Gasteiger partial charge < -0.3 is 9.67 Å². The van der Waals surface area contributed by atoms with Gasteiger partial charge in [-0.2, -0.15) is 5.10 Å². The van der Waals surface area contributed by atoms with E-state index in [1.165, 1.54) is 10.8 Å². The van der Waals surface area contributed by atoms with Crippen LogP contribution in [0.25, 0.3) is 0 Å². The van der Waals surface area contributed by atoms with Crippen molar-refractivity contribution >= 4 is 16.0 Å². The molecule has 9 heteroatoms. The first-order chi connectivity index (χ1) is 9.85. The summed E-state index contributed by atoms with van der Waals surface area (Å²) in [6, 6.07) is 2.85. The Morgan fingerprint density at radius 1 is 1.48 bits per heavy atom. The van der Waals surface area contributed by atoms with Crippen LogP contribution in [0.4, 0.5) is 0 Å². The Labute approximate surface area is 122 Å². The minimum absolute atomic E-state index is 0.0570. The van der Waals surface area contributed by atoms with Gasteiger partial charge in [0.25, 0.3) is 0 Å². The van der Waals surface area contributed by atoms with Crippen LogP contribution in [0.15, 0.2) is 29.4 Å². The Balaban J connectivity index is 2.23. The second kappa shape index (κ2) is 5.70. The molecule has 0 saturated heterocycles. The maximum atomic E-state index is 12.2. The highest BCUT2D eigenvalue weighted by Gasteiger charge is 2.21. The van der Waals surface area contributed by atoms with E-state index in [4.69, 9.17) is 5.11 Å². The zero-order chi connectivity index (χ0) is 15.6. The first-order valence-corrected chi connectivity index (χ1v) is 7.73. The summed E-state index contributed by atoms with van der Waals surface area (Å²) < 4.78 is 29.8. The molecular formula is C12H16N4O4S. The number of aromatic nitrogens is 3. The summed E-state index contributed by atoms with van der Waals surface area (Å²) in [5.41, 5.74) is 0.644. The van der Waals surface area contributed by atoms with E-state index in [1.807, 2.05) is 0 Å². The molecule has 2 aromatic rings. The lowest BCUT2D eigenvalue weighted by molar-refractivity contribution is 0.0685. The van der Waals surface area contributed by atoms with E-state index in [0.29, 0.717) is 12.2 Å². The molecule has 0 saturated carbocycles. The Hall–Kier alpha value is -2.13. The fourth-order valence-corrected chi connectivity index (χ4v) is 2.94. The van der Waals surface area contributed by atoms with Gasteiger partial charge >= 0.3 is 5.97 Å². The zero-order valence-electron chi connectivity index (χ0n) is 11.6. The van der Waals surface area contributed by atoms with Gasteiger partial charge in [0, 0.05) is 26.0 Å². The molecule has 2 rings (SSSR count). The van der Waals surface area contributed by atoms with Crippen LogP contribution in [-0.2, 0) is 30.2 Å². The van der Waals surface area contributed by atoms with E-state index >= 15 is 0 Å². The number of nitrogens with one attached hydrogen (secondary N) is 1. The number of sulfonamides is 1. The number of aromatic carboxylic acids is 1. The molecule has 21 heavy (non-hydrogen) atoms. The predicted molar refractivity (Wildman–Crippen MR) is 74.3 cm³/mol. The molecule has 2 N–H and O–H groups in total. The van der Waals surface area contributed by atoms with E-state index < -0.39 is 16.0 Å². The summed E-state index contributed by atoms with van der Waals surface area (Å²) in [7, 11) is -2.07.